The van der Waals surface area contributed by atoms with E-state index in [0.29, 0.717) is 0 Å². The molecule has 1 heteroatoms. The van der Waals surface area contributed by atoms with Gasteiger partial charge in [0.05, 0.1) is 0 Å². The Kier molecular flexibility index (Phi) is 3.87. The van der Waals surface area contributed by atoms with E-state index in [2.05, 4.69) is 12.1 Å². The molecule has 0 radical (unpaired) electrons. The summed E-state index contributed by atoms with van der Waals surface area (Å²) in [5.74, 6) is 0.0570. The van der Waals surface area contributed by atoms with Crippen LogP contribution in [-0.4, -0.2) is 5.78 Å². The van der Waals surface area contributed by atoms with Gasteiger partial charge < -0.3 is 0 Å². The normalized spacial score (nSPS) is 10.6. The first-order valence-corrected chi connectivity index (χ1v) is 5.66. The topological polar surface area (TPSA) is 17.1 Å². The molecule has 84 valence electrons. The van der Waals surface area contributed by atoms with Crippen LogP contribution in [0, 0.1) is 0 Å². The molecule has 2 aromatic rings. The van der Waals surface area contributed by atoms with Crippen molar-refractivity contribution in [3.8, 4) is 0 Å². The van der Waals surface area contributed by atoms with Gasteiger partial charge in [-0.15, -0.1) is 0 Å². The molecule has 2 aromatic carbocycles. The first-order chi connectivity index (χ1) is 8.36. The average Bonchev–Trinajstić information content (AvgIpc) is 2.41. The fraction of sp³-hybridized carbons (Fsp3) is 0.0625. The number of rotatable bonds is 4. The SMILES string of the molecule is O=C(/C=C\Cc1ccccc1)c1ccccc1. The van der Waals surface area contributed by atoms with Crippen LogP contribution >= 0.6 is 0 Å². The summed E-state index contributed by atoms with van der Waals surface area (Å²) in [6.45, 7) is 0. The molecule has 0 saturated heterocycles. The molecule has 0 amide bonds. The first kappa shape index (κ1) is 11.3. The maximum atomic E-state index is 11.7. The lowest BCUT2D eigenvalue weighted by Crippen LogP contribution is -1.93. The summed E-state index contributed by atoms with van der Waals surface area (Å²) in [5.41, 5.74) is 1.95. The molecule has 0 unspecified atom stereocenters. The van der Waals surface area contributed by atoms with Crippen LogP contribution in [0.5, 0.6) is 0 Å². The summed E-state index contributed by atoms with van der Waals surface area (Å²) in [6, 6.07) is 19.4. The van der Waals surface area contributed by atoms with Crippen molar-refractivity contribution in [1.29, 1.82) is 0 Å². The van der Waals surface area contributed by atoms with Crippen molar-refractivity contribution in [2.24, 2.45) is 0 Å². The summed E-state index contributed by atoms with van der Waals surface area (Å²) in [7, 11) is 0. The lowest BCUT2D eigenvalue weighted by Gasteiger charge is -1.95. The van der Waals surface area contributed by atoms with Gasteiger partial charge in [0.15, 0.2) is 5.78 Å². The molecule has 0 N–H and O–H groups in total. The monoisotopic (exact) mass is 222 g/mol. The molecule has 0 saturated carbocycles. The van der Waals surface area contributed by atoms with Gasteiger partial charge >= 0.3 is 0 Å². The highest BCUT2D eigenvalue weighted by molar-refractivity contribution is 6.04. The summed E-state index contributed by atoms with van der Waals surface area (Å²) in [6.07, 6.45) is 4.34. The van der Waals surface area contributed by atoms with Gasteiger partial charge in [0.2, 0.25) is 0 Å². The van der Waals surface area contributed by atoms with E-state index in [1.807, 2.05) is 54.6 Å². The fourth-order valence-corrected chi connectivity index (χ4v) is 1.61. The minimum absolute atomic E-state index is 0.0570. The maximum absolute atomic E-state index is 11.7. The van der Waals surface area contributed by atoms with Crippen LogP contribution in [0.2, 0.25) is 0 Å². The van der Waals surface area contributed by atoms with E-state index in [4.69, 9.17) is 0 Å². The van der Waals surface area contributed by atoms with Crippen LogP contribution in [-0.2, 0) is 6.42 Å². The first-order valence-electron chi connectivity index (χ1n) is 5.66. The number of benzene rings is 2. The van der Waals surface area contributed by atoms with Gasteiger partial charge in [0, 0.05) is 5.56 Å². The van der Waals surface area contributed by atoms with Crippen LogP contribution in [0.1, 0.15) is 15.9 Å². The molecule has 0 fully saturated rings. The second-order valence-electron chi connectivity index (χ2n) is 3.82. The zero-order valence-electron chi connectivity index (χ0n) is 9.54. The zero-order chi connectivity index (χ0) is 11.9. The largest absolute Gasteiger partial charge is 0.289 e. The standard InChI is InChI=1S/C16H14O/c17-16(15-11-5-2-6-12-15)13-7-10-14-8-3-1-4-9-14/h1-9,11-13H,10H2/b13-7-. The van der Waals surface area contributed by atoms with Gasteiger partial charge in [-0.3, -0.25) is 4.79 Å². The molecule has 0 aliphatic heterocycles. The highest BCUT2D eigenvalue weighted by atomic mass is 16.1. The van der Waals surface area contributed by atoms with Crippen LogP contribution in [0.3, 0.4) is 0 Å². The zero-order valence-corrected chi connectivity index (χ0v) is 9.54. The lowest BCUT2D eigenvalue weighted by atomic mass is 10.1. The van der Waals surface area contributed by atoms with Crippen LogP contribution in [0.4, 0.5) is 0 Å². The maximum Gasteiger partial charge on any atom is 0.185 e. The number of carbonyl (C=O) groups is 1. The summed E-state index contributed by atoms with van der Waals surface area (Å²) in [5, 5.41) is 0. The number of hydrogen-bond donors (Lipinski definition) is 0. The Morgan fingerprint density at radius 1 is 0.882 bits per heavy atom. The van der Waals surface area contributed by atoms with Crippen molar-refractivity contribution < 1.29 is 4.79 Å². The molecule has 0 aliphatic carbocycles. The third kappa shape index (κ3) is 3.42. The van der Waals surface area contributed by atoms with Crippen molar-refractivity contribution in [2.45, 2.75) is 6.42 Å². The van der Waals surface area contributed by atoms with E-state index in [0.717, 1.165) is 12.0 Å². The Labute approximate surface area is 101 Å². The van der Waals surface area contributed by atoms with E-state index >= 15 is 0 Å². The molecule has 0 spiro atoms. The Hall–Kier alpha value is -2.15. The Morgan fingerprint density at radius 2 is 1.47 bits per heavy atom. The molecule has 2 rings (SSSR count). The van der Waals surface area contributed by atoms with Gasteiger partial charge in [-0.05, 0) is 18.1 Å². The van der Waals surface area contributed by atoms with Crippen molar-refractivity contribution in [2.75, 3.05) is 0 Å². The summed E-state index contributed by atoms with van der Waals surface area (Å²) >= 11 is 0. The van der Waals surface area contributed by atoms with Gasteiger partial charge in [-0.1, -0.05) is 66.7 Å². The van der Waals surface area contributed by atoms with E-state index < -0.39 is 0 Å². The van der Waals surface area contributed by atoms with Gasteiger partial charge in [-0.2, -0.15) is 0 Å². The number of ketones is 1. The minimum Gasteiger partial charge on any atom is -0.289 e. The quantitative estimate of drug-likeness (QED) is 0.570. The molecule has 0 heterocycles. The molecule has 17 heavy (non-hydrogen) atoms. The van der Waals surface area contributed by atoms with Gasteiger partial charge in [0.25, 0.3) is 0 Å². The third-order valence-corrected chi connectivity index (χ3v) is 2.52. The molecule has 0 aromatic heterocycles. The third-order valence-electron chi connectivity index (χ3n) is 2.52. The van der Waals surface area contributed by atoms with Crippen molar-refractivity contribution in [3.63, 3.8) is 0 Å². The second-order valence-corrected chi connectivity index (χ2v) is 3.82. The molecule has 1 nitrogen and oxygen atoms in total. The number of carbonyl (C=O) groups excluding carboxylic acids is 1. The van der Waals surface area contributed by atoms with E-state index in [9.17, 15) is 4.79 Å². The van der Waals surface area contributed by atoms with E-state index in [1.165, 1.54) is 5.56 Å². The number of hydrogen-bond acceptors (Lipinski definition) is 1. The summed E-state index contributed by atoms with van der Waals surface area (Å²) < 4.78 is 0. The molecule has 0 aliphatic rings. The Bertz CT molecular complexity index is 498. The smallest absolute Gasteiger partial charge is 0.185 e. The molecule has 0 bridgehead atoms. The predicted octanol–water partition coefficient (Wildman–Crippen LogP) is 3.67. The van der Waals surface area contributed by atoms with Crippen LogP contribution in [0.15, 0.2) is 72.8 Å². The minimum atomic E-state index is 0.0570. The Balaban J connectivity index is 1.96. The predicted molar refractivity (Wildman–Crippen MR) is 70.1 cm³/mol. The molecular formula is C16H14O. The highest BCUT2D eigenvalue weighted by Gasteiger charge is 1.98. The van der Waals surface area contributed by atoms with Crippen molar-refractivity contribution in [1.82, 2.24) is 0 Å². The highest BCUT2D eigenvalue weighted by Crippen LogP contribution is 2.03. The second kappa shape index (κ2) is 5.80. The fourth-order valence-electron chi connectivity index (χ4n) is 1.61. The lowest BCUT2D eigenvalue weighted by molar-refractivity contribution is 0.104. The van der Waals surface area contributed by atoms with E-state index in [1.54, 1.807) is 6.08 Å². The van der Waals surface area contributed by atoms with Crippen molar-refractivity contribution in [3.05, 3.63) is 83.9 Å². The van der Waals surface area contributed by atoms with Crippen LogP contribution < -0.4 is 0 Å². The Morgan fingerprint density at radius 3 is 2.12 bits per heavy atom. The van der Waals surface area contributed by atoms with Gasteiger partial charge in [0.1, 0.15) is 0 Å². The van der Waals surface area contributed by atoms with E-state index in [-0.39, 0.29) is 5.78 Å². The number of allylic oxidation sites excluding steroid dienone is 2. The molecular weight excluding hydrogens is 208 g/mol. The van der Waals surface area contributed by atoms with Crippen molar-refractivity contribution >= 4 is 5.78 Å². The van der Waals surface area contributed by atoms with Gasteiger partial charge in [-0.25, -0.2) is 0 Å². The van der Waals surface area contributed by atoms with Crippen LogP contribution in [0.25, 0.3) is 0 Å². The average molecular weight is 222 g/mol. The molecule has 0 atom stereocenters. The summed E-state index contributed by atoms with van der Waals surface area (Å²) in [4.78, 5) is 11.7.